The quantitative estimate of drug-likeness (QED) is 0.160. The molecule has 0 amide bonds. The summed E-state index contributed by atoms with van der Waals surface area (Å²) in [5.41, 5.74) is 16.2. The summed E-state index contributed by atoms with van der Waals surface area (Å²) in [5.74, 6) is 2.18. The lowest BCUT2D eigenvalue weighted by Crippen LogP contribution is -2.07. The third kappa shape index (κ3) is 6.63. The number of hydrogen-bond donors (Lipinski definition) is 0. The van der Waals surface area contributed by atoms with Crippen LogP contribution in [0.4, 0.5) is 0 Å². The van der Waals surface area contributed by atoms with Crippen molar-refractivity contribution in [3.8, 4) is 62.1 Å². The van der Waals surface area contributed by atoms with Crippen LogP contribution < -0.4 is 0 Å². The molecule has 0 radical (unpaired) electrons. The predicted octanol–water partition coefficient (Wildman–Crippen LogP) is 17.4. The van der Waals surface area contributed by atoms with E-state index in [0.29, 0.717) is 23.5 Å². The molecule has 1 atom stereocenters. The minimum absolute atomic E-state index is 0.496. The fourth-order valence-corrected chi connectivity index (χ4v) is 12.0. The van der Waals surface area contributed by atoms with E-state index in [1.165, 1.54) is 37.2 Å². The zero-order chi connectivity index (χ0) is 46.3. The number of rotatable bonds is 7. The summed E-state index contributed by atoms with van der Waals surface area (Å²) in [4.78, 5) is 17.4. The van der Waals surface area contributed by atoms with E-state index >= 15 is 0 Å². The summed E-state index contributed by atoms with van der Waals surface area (Å²) in [5, 5.41) is 5.71. The van der Waals surface area contributed by atoms with Crippen LogP contribution in [0.2, 0.25) is 0 Å². The third-order valence-corrected chi connectivity index (χ3v) is 15.5. The van der Waals surface area contributed by atoms with Gasteiger partial charge in [-0.3, -0.25) is 4.57 Å². The number of furan rings is 1. The molecule has 0 fully saturated rings. The first kappa shape index (κ1) is 40.4. The monoisotopic (exact) mass is 914 g/mol. The van der Waals surface area contributed by atoms with E-state index in [2.05, 4.69) is 193 Å². The van der Waals surface area contributed by atoms with Gasteiger partial charge < -0.3 is 4.42 Å². The molecule has 4 aromatic heterocycles. The first-order valence-corrected chi connectivity index (χ1v) is 24.7. The molecule has 6 heteroatoms. The molecule has 0 bridgehead atoms. The molecule has 70 heavy (non-hydrogen) atoms. The Hall–Kier alpha value is -8.71. The van der Waals surface area contributed by atoms with Gasteiger partial charge in [-0.05, 0) is 106 Å². The summed E-state index contributed by atoms with van der Waals surface area (Å²) in [6, 6.07) is 75.6. The SMILES string of the molecule is CC1CC=C(c2cccc(-c3cccc(-c4cc(-c5ccccc5)cc5c6ccccc6n(-c6nc(-c7ccccc7)nc(-c7ccc8c(c7)oc7ccccc78)n6)c45)c3)c2)c2c1sc1ccccc21. The van der Waals surface area contributed by atoms with Gasteiger partial charge in [-0.2, -0.15) is 9.97 Å². The van der Waals surface area contributed by atoms with Crippen LogP contribution in [0, 0.1) is 0 Å². The largest absolute Gasteiger partial charge is 0.456 e. The van der Waals surface area contributed by atoms with Gasteiger partial charge in [0.2, 0.25) is 5.95 Å². The highest BCUT2D eigenvalue weighted by Gasteiger charge is 2.26. The highest BCUT2D eigenvalue weighted by atomic mass is 32.1. The Bertz CT molecular complexity index is 4240. The molecule has 0 saturated carbocycles. The van der Waals surface area contributed by atoms with Crippen molar-refractivity contribution in [3.63, 3.8) is 0 Å². The van der Waals surface area contributed by atoms with E-state index < -0.39 is 0 Å². The van der Waals surface area contributed by atoms with E-state index in [-0.39, 0.29) is 0 Å². The summed E-state index contributed by atoms with van der Waals surface area (Å²) in [6.07, 6.45) is 3.49. The van der Waals surface area contributed by atoms with Crippen molar-refractivity contribution in [1.29, 1.82) is 0 Å². The molecule has 4 heterocycles. The molecule has 1 aliphatic rings. The molecule has 1 unspecified atom stereocenters. The Kier molecular flexibility index (Phi) is 9.36. The highest BCUT2D eigenvalue weighted by Crippen LogP contribution is 2.48. The Balaban J connectivity index is 0.980. The van der Waals surface area contributed by atoms with Crippen LogP contribution in [0.5, 0.6) is 0 Å². The van der Waals surface area contributed by atoms with Gasteiger partial charge in [0.15, 0.2) is 11.6 Å². The van der Waals surface area contributed by atoms with Crippen molar-refractivity contribution in [3.05, 3.63) is 234 Å². The predicted molar refractivity (Wildman–Crippen MR) is 291 cm³/mol. The number of benzene rings is 9. The standard InChI is InChI=1S/C64H42N4OS/c1-39-30-32-48(59-52-26-10-13-29-58(52)70-61(39)59)44-22-14-20-42(34-44)43-21-15-23-45(35-43)53-36-47(40-16-4-2-5-17-40)37-54-49-24-8-11-27-55(49)68(60(53)54)64-66-62(41-18-6-3-7-19-41)65-63(67-64)46-31-33-51-50-25-9-12-28-56(50)69-57(51)38-46/h2-29,31-39H,30H2,1H3. The molecule has 0 N–H and O–H groups in total. The zero-order valence-electron chi connectivity index (χ0n) is 38.2. The van der Waals surface area contributed by atoms with Crippen LogP contribution in [0.3, 0.4) is 0 Å². The molecular formula is C64H42N4OS. The minimum atomic E-state index is 0.496. The molecule has 14 rings (SSSR count). The second kappa shape index (κ2) is 16.2. The van der Waals surface area contributed by atoms with Gasteiger partial charge in [-0.25, -0.2) is 4.98 Å². The number of para-hydroxylation sites is 2. The summed E-state index contributed by atoms with van der Waals surface area (Å²) < 4.78 is 9.99. The second-order valence-electron chi connectivity index (χ2n) is 18.3. The van der Waals surface area contributed by atoms with E-state index in [9.17, 15) is 0 Å². The lowest BCUT2D eigenvalue weighted by atomic mass is 9.84. The van der Waals surface area contributed by atoms with Crippen LogP contribution in [0.1, 0.15) is 35.3 Å². The number of hydrogen-bond acceptors (Lipinski definition) is 5. The summed E-state index contributed by atoms with van der Waals surface area (Å²) >= 11 is 1.95. The Labute approximate surface area is 408 Å². The van der Waals surface area contributed by atoms with Gasteiger partial charge in [0, 0.05) is 58.8 Å². The van der Waals surface area contributed by atoms with E-state index in [4.69, 9.17) is 19.4 Å². The van der Waals surface area contributed by atoms with Crippen molar-refractivity contribution in [2.24, 2.45) is 0 Å². The first-order valence-electron chi connectivity index (χ1n) is 23.9. The van der Waals surface area contributed by atoms with Crippen molar-refractivity contribution < 1.29 is 4.42 Å². The summed E-state index contributed by atoms with van der Waals surface area (Å²) in [6.45, 7) is 2.36. The normalized spacial score (nSPS) is 13.7. The van der Waals surface area contributed by atoms with E-state index in [0.717, 1.165) is 89.1 Å². The van der Waals surface area contributed by atoms with Crippen LogP contribution in [0.25, 0.3) is 122 Å². The molecule has 330 valence electrons. The fourth-order valence-electron chi connectivity index (χ4n) is 10.7. The maximum absolute atomic E-state index is 6.39. The van der Waals surface area contributed by atoms with Gasteiger partial charge in [0.25, 0.3) is 0 Å². The molecule has 13 aromatic rings. The van der Waals surface area contributed by atoms with E-state index in [1.54, 1.807) is 0 Å². The third-order valence-electron chi connectivity index (χ3n) is 14.1. The first-order chi connectivity index (χ1) is 34.6. The van der Waals surface area contributed by atoms with Crippen LogP contribution in [0.15, 0.2) is 223 Å². The van der Waals surface area contributed by atoms with Crippen LogP contribution in [-0.4, -0.2) is 19.5 Å². The smallest absolute Gasteiger partial charge is 0.238 e. The Morgan fingerprint density at radius 1 is 0.457 bits per heavy atom. The fraction of sp³-hybridized carbons (Fsp3) is 0.0469. The maximum Gasteiger partial charge on any atom is 0.238 e. The van der Waals surface area contributed by atoms with Crippen molar-refractivity contribution in [1.82, 2.24) is 19.5 Å². The molecule has 0 aliphatic heterocycles. The molecule has 0 saturated heterocycles. The number of nitrogens with zero attached hydrogens (tertiary/aromatic N) is 4. The van der Waals surface area contributed by atoms with Crippen LogP contribution in [-0.2, 0) is 0 Å². The average molecular weight is 915 g/mol. The number of allylic oxidation sites excluding steroid dienone is 1. The molecule has 5 nitrogen and oxygen atoms in total. The lowest BCUT2D eigenvalue weighted by Gasteiger charge is -2.20. The van der Waals surface area contributed by atoms with E-state index in [1.807, 2.05) is 47.7 Å². The zero-order valence-corrected chi connectivity index (χ0v) is 39.0. The number of aromatic nitrogens is 4. The topological polar surface area (TPSA) is 56.7 Å². The number of fused-ring (bicyclic) bond motifs is 9. The van der Waals surface area contributed by atoms with Crippen LogP contribution >= 0.6 is 11.3 Å². The molecule has 9 aromatic carbocycles. The van der Waals surface area contributed by atoms with Gasteiger partial charge in [-0.1, -0.05) is 171 Å². The van der Waals surface area contributed by atoms with Crippen molar-refractivity contribution in [2.75, 3.05) is 0 Å². The minimum Gasteiger partial charge on any atom is -0.456 e. The van der Waals surface area contributed by atoms with Gasteiger partial charge >= 0.3 is 0 Å². The maximum atomic E-state index is 6.39. The van der Waals surface area contributed by atoms with Gasteiger partial charge in [0.1, 0.15) is 11.2 Å². The van der Waals surface area contributed by atoms with Crippen molar-refractivity contribution in [2.45, 2.75) is 19.3 Å². The Morgan fingerprint density at radius 3 is 1.90 bits per heavy atom. The second-order valence-corrected chi connectivity index (χ2v) is 19.4. The lowest BCUT2D eigenvalue weighted by molar-refractivity contribution is 0.669. The molecular weight excluding hydrogens is 873 g/mol. The average Bonchev–Trinajstić information content (AvgIpc) is 4.12. The van der Waals surface area contributed by atoms with Gasteiger partial charge in [-0.15, -0.1) is 11.3 Å². The number of thiophene rings is 1. The summed E-state index contributed by atoms with van der Waals surface area (Å²) in [7, 11) is 0. The molecule has 0 spiro atoms. The Morgan fingerprint density at radius 2 is 1.09 bits per heavy atom. The van der Waals surface area contributed by atoms with Gasteiger partial charge in [0.05, 0.1) is 11.0 Å². The molecule has 1 aliphatic carbocycles. The van der Waals surface area contributed by atoms with Crippen molar-refractivity contribution >= 4 is 70.7 Å². The highest BCUT2D eigenvalue weighted by molar-refractivity contribution is 7.19.